The van der Waals surface area contributed by atoms with Crippen molar-refractivity contribution >= 4 is 17.5 Å². The van der Waals surface area contributed by atoms with E-state index in [0.29, 0.717) is 5.78 Å². The first kappa shape index (κ1) is 12.2. The van der Waals surface area contributed by atoms with E-state index < -0.39 is 0 Å². The predicted molar refractivity (Wildman–Crippen MR) is 72.2 cm³/mol. The van der Waals surface area contributed by atoms with Gasteiger partial charge in [0.15, 0.2) is 5.78 Å². The maximum Gasteiger partial charge on any atom is 0.169 e. The average Bonchev–Trinajstić information content (AvgIpc) is 2.43. The van der Waals surface area contributed by atoms with Crippen LogP contribution in [0.15, 0.2) is 29.2 Å². The molecule has 18 heavy (non-hydrogen) atoms. The van der Waals surface area contributed by atoms with E-state index in [4.69, 9.17) is 4.74 Å². The summed E-state index contributed by atoms with van der Waals surface area (Å²) in [4.78, 5) is 15.9. The summed E-state index contributed by atoms with van der Waals surface area (Å²) in [6, 6.07) is 7.95. The molecule has 2 aliphatic rings. The molecule has 2 aliphatic heterocycles. The zero-order valence-electron chi connectivity index (χ0n) is 10.3. The van der Waals surface area contributed by atoms with Gasteiger partial charge in [-0.25, -0.2) is 0 Å². The Morgan fingerprint density at radius 1 is 1.28 bits per heavy atom. The van der Waals surface area contributed by atoms with Crippen molar-refractivity contribution in [1.82, 2.24) is 4.90 Å². The fourth-order valence-corrected chi connectivity index (χ4v) is 3.65. The van der Waals surface area contributed by atoms with Crippen LogP contribution in [0.4, 0.5) is 0 Å². The number of ketones is 1. The lowest BCUT2D eigenvalue weighted by Crippen LogP contribution is -2.42. The van der Waals surface area contributed by atoms with Crippen LogP contribution in [-0.2, 0) is 4.74 Å². The van der Waals surface area contributed by atoms with Gasteiger partial charge in [-0.1, -0.05) is 18.2 Å². The monoisotopic (exact) mass is 263 g/mol. The summed E-state index contributed by atoms with van der Waals surface area (Å²) in [6.07, 6.45) is 0. The van der Waals surface area contributed by atoms with Crippen LogP contribution in [0.1, 0.15) is 10.4 Å². The molecule has 1 fully saturated rings. The molecule has 96 valence electrons. The zero-order valence-corrected chi connectivity index (χ0v) is 11.1. The molecule has 0 aromatic heterocycles. The Hall–Kier alpha value is -0.840. The molecule has 0 bridgehead atoms. The number of carbonyl (C=O) groups is 1. The fraction of sp³-hybridized carbons (Fsp3) is 0.500. The van der Waals surface area contributed by atoms with Crippen molar-refractivity contribution in [2.45, 2.75) is 4.90 Å². The molecule has 1 aromatic carbocycles. The van der Waals surface area contributed by atoms with Crippen LogP contribution in [0.5, 0.6) is 0 Å². The number of morpholine rings is 1. The van der Waals surface area contributed by atoms with Gasteiger partial charge in [0, 0.05) is 41.8 Å². The number of fused-ring (bicyclic) bond motifs is 1. The van der Waals surface area contributed by atoms with Gasteiger partial charge in [-0.15, -0.1) is 11.8 Å². The van der Waals surface area contributed by atoms with Crippen LogP contribution in [0.25, 0.3) is 0 Å². The minimum absolute atomic E-state index is 0.142. The number of carbonyl (C=O) groups excluding carboxylic acids is 1. The largest absolute Gasteiger partial charge is 0.379 e. The molecule has 1 unspecified atom stereocenters. The highest BCUT2D eigenvalue weighted by Gasteiger charge is 2.29. The Morgan fingerprint density at radius 3 is 2.89 bits per heavy atom. The number of Topliss-reactive ketones (excluding diaryl/α,β-unsaturated/α-hetero) is 1. The van der Waals surface area contributed by atoms with Crippen LogP contribution in [-0.4, -0.2) is 49.3 Å². The van der Waals surface area contributed by atoms with Crippen LogP contribution >= 0.6 is 11.8 Å². The first-order valence-corrected chi connectivity index (χ1v) is 7.39. The third-order valence-electron chi connectivity index (χ3n) is 3.55. The summed E-state index contributed by atoms with van der Waals surface area (Å²) < 4.78 is 5.34. The molecule has 0 spiro atoms. The zero-order chi connectivity index (χ0) is 12.4. The molecule has 2 heterocycles. The van der Waals surface area contributed by atoms with Crippen molar-refractivity contribution in [2.24, 2.45) is 5.92 Å². The first-order chi connectivity index (χ1) is 8.84. The highest BCUT2D eigenvalue weighted by molar-refractivity contribution is 7.99. The standard InChI is InChI=1S/C14H17NO2S/c16-14-11(9-15-5-7-17-8-6-15)10-18-13-4-2-1-3-12(13)14/h1-4,11H,5-10H2. The van der Waals surface area contributed by atoms with E-state index in [2.05, 4.69) is 4.90 Å². The van der Waals surface area contributed by atoms with Crippen molar-refractivity contribution < 1.29 is 9.53 Å². The molecule has 0 radical (unpaired) electrons. The molecule has 0 N–H and O–H groups in total. The third-order valence-corrected chi connectivity index (χ3v) is 4.78. The number of thioether (sulfide) groups is 1. The van der Waals surface area contributed by atoms with Crippen molar-refractivity contribution in [1.29, 1.82) is 0 Å². The Kier molecular flexibility index (Phi) is 3.68. The molecule has 1 atom stereocenters. The van der Waals surface area contributed by atoms with Crippen molar-refractivity contribution in [3.63, 3.8) is 0 Å². The number of hydrogen-bond acceptors (Lipinski definition) is 4. The first-order valence-electron chi connectivity index (χ1n) is 6.41. The summed E-state index contributed by atoms with van der Waals surface area (Å²) in [6.45, 7) is 4.38. The van der Waals surface area contributed by atoms with Crippen molar-refractivity contribution in [3.05, 3.63) is 29.8 Å². The molecule has 1 saturated heterocycles. The molecule has 3 nitrogen and oxygen atoms in total. The van der Waals surface area contributed by atoms with E-state index >= 15 is 0 Å². The predicted octanol–water partition coefficient (Wildman–Crippen LogP) is 1.92. The van der Waals surface area contributed by atoms with E-state index in [1.165, 1.54) is 0 Å². The van der Waals surface area contributed by atoms with Crippen LogP contribution < -0.4 is 0 Å². The van der Waals surface area contributed by atoms with Gasteiger partial charge in [-0.3, -0.25) is 9.69 Å². The van der Waals surface area contributed by atoms with Crippen molar-refractivity contribution in [2.75, 3.05) is 38.6 Å². The molecule has 0 aliphatic carbocycles. The second kappa shape index (κ2) is 5.43. The maximum atomic E-state index is 12.4. The van der Waals surface area contributed by atoms with Gasteiger partial charge < -0.3 is 4.74 Å². The van der Waals surface area contributed by atoms with E-state index in [9.17, 15) is 4.79 Å². The van der Waals surface area contributed by atoms with Gasteiger partial charge in [0.1, 0.15) is 0 Å². The number of benzene rings is 1. The van der Waals surface area contributed by atoms with E-state index in [1.54, 1.807) is 0 Å². The van der Waals surface area contributed by atoms with E-state index in [-0.39, 0.29) is 5.92 Å². The Balaban J connectivity index is 1.70. The van der Waals surface area contributed by atoms with Gasteiger partial charge >= 0.3 is 0 Å². The second-order valence-corrected chi connectivity index (χ2v) is 5.84. The van der Waals surface area contributed by atoms with Gasteiger partial charge in [0.2, 0.25) is 0 Å². The quantitative estimate of drug-likeness (QED) is 0.815. The van der Waals surface area contributed by atoms with Crippen LogP contribution in [0, 0.1) is 5.92 Å². The van der Waals surface area contributed by atoms with Gasteiger partial charge in [0.25, 0.3) is 0 Å². The smallest absolute Gasteiger partial charge is 0.169 e. The molecule has 0 amide bonds. The number of ether oxygens (including phenoxy) is 1. The topological polar surface area (TPSA) is 29.5 Å². The molecule has 1 aromatic rings. The Labute approximate surface area is 111 Å². The second-order valence-electron chi connectivity index (χ2n) is 4.78. The lowest BCUT2D eigenvalue weighted by Gasteiger charge is -2.31. The van der Waals surface area contributed by atoms with Crippen molar-refractivity contribution in [3.8, 4) is 0 Å². The lowest BCUT2D eigenvalue weighted by molar-refractivity contribution is 0.0314. The summed E-state index contributed by atoms with van der Waals surface area (Å²) >= 11 is 1.81. The summed E-state index contributed by atoms with van der Waals surface area (Å²) in [5, 5.41) is 0. The number of nitrogens with zero attached hydrogens (tertiary/aromatic N) is 1. The van der Waals surface area contributed by atoms with Crippen LogP contribution in [0.3, 0.4) is 0 Å². The number of hydrogen-bond donors (Lipinski definition) is 0. The lowest BCUT2D eigenvalue weighted by atomic mass is 9.98. The van der Waals surface area contributed by atoms with Gasteiger partial charge in [-0.05, 0) is 6.07 Å². The highest BCUT2D eigenvalue weighted by atomic mass is 32.2. The molecular formula is C14H17NO2S. The third kappa shape index (κ3) is 2.46. The number of rotatable bonds is 2. The normalized spacial score (nSPS) is 24.9. The summed E-state index contributed by atoms with van der Waals surface area (Å²) in [7, 11) is 0. The Morgan fingerprint density at radius 2 is 2.06 bits per heavy atom. The van der Waals surface area contributed by atoms with Crippen LogP contribution in [0.2, 0.25) is 0 Å². The van der Waals surface area contributed by atoms with E-state index in [0.717, 1.165) is 49.1 Å². The van der Waals surface area contributed by atoms with Gasteiger partial charge in [0.05, 0.1) is 13.2 Å². The van der Waals surface area contributed by atoms with Gasteiger partial charge in [-0.2, -0.15) is 0 Å². The summed E-state index contributed by atoms with van der Waals surface area (Å²) in [5.74, 6) is 1.37. The molecule has 0 saturated carbocycles. The summed E-state index contributed by atoms with van der Waals surface area (Å²) in [5.41, 5.74) is 0.909. The molecule has 3 rings (SSSR count). The average molecular weight is 263 g/mol. The van der Waals surface area contributed by atoms with E-state index in [1.807, 2.05) is 36.0 Å². The fourth-order valence-electron chi connectivity index (χ4n) is 2.51. The minimum Gasteiger partial charge on any atom is -0.379 e. The Bertz CT molecular complexity index is 443. The SMILES string of the molecule is O=C1c2ccccc2SCC1CN1CCOCC1. The molecular weight excluding hydrogens is 246 g/mol. The maximum absolute atomic E-state index is 12.4. The highest BCUT2D eigenvalue weighted by Crippen LogP contribution is 2.33. The molecule has 4 heteroatoms. The minimum atomic E-state index is 0.142.